The summed E-state index contributed by atoms with van der Waals surface area (Å²) in [5.41, 5.74) is 6.77. The van der Waals surface area contributed by atoms with Gasteiger partial charge in [0.15, 0.2) is 5.78 Å². The minimum absolute atomic E-state index is 0.0459. The highest BCUT2D eigenvalue weighted by Gasteiger charge is 2.17. The molecule has 1 aromatic carbocycles. The van der Waals surface area contributed by atoms with E-state index in [1.165, 1.54) is 18.3 Å². The predicted octanol–water partition coefficient (Wildman–Crippen LogP) is 2.49. The number of nitrogens with two attached hydrogens (primary N) is 1. The van der Waals surface area contributed by atoms with Crippen LogP contribution in [0, 0.1) is 0 Å². The topological polar surface area (TPSA) is 101 Å². The fraction of sp³-hybridized carbons (Fsp3) is 0.188. The normalized spacial score (nSPS) is 11.6. The van der Waals surface area contributed by atoms with E-state index in [2.05, 4.69) is 10.6 Å². The van der Waals surface area contributed by atoms with Gasteiger partial charge in [-0.1, -0.05) is 12.1 Å². The molecule has 0 radical (unpaired) electrons. The van der Waals surface area contributed by atoms with E-state index in [0.717, 1.165) is 0 Å². The minimum Gasteiger partial charge on any atom is -0.374 e. The fourth-order valence-corrected chi connectivity index (χ4v) is 2.76. The molecule has 1 aromatic heterocycles. The van der Waals surface area contributed by atoms with Gasteiger partial charge in [-0.05, 0) is 37.4 Å². The molecule has 0 aliphatic carbocycles. The molecule has 0 aliphatic rings. The van der Waals surface area contributed by atoms with Crippen LogP contribution in [0.1, 0.15) is 34.6 Å². The van der Waals surface area contributed by atoms with Crippen molar-refractivity contribution in [2.75, 3.05) is 10.6 Å². The Labute approximate surface area is 137 Å². The van der Waals surface area contributed by atoms with Crippen molar-refractivity contribution in [3.8, 4) is 0 Å². The maximum absolute atomic E-state index is 12.2. The molecule has 6 nitrogen and oxygen atoms in total. The lowest BCUT2D eigenvalue weighted by atomic mass is 10.1. The van der Waals surface area contributed by atoms with Crippen molar-refractivity contribution in [1.29, 1.82) is 0 Å². The molecule has 120 valence electrons. The molecule has 0 aliphatic heterocycles. The average Bonchev–Trinajstić information content (AvgIpc) is 2.95. The van der Waals surface area contributed by atoms with Crippen LogP contribution in [0.25, 0.3) is 0 Å². The van der Waals surface area contributed by atoms with Crippen LogP contribution in [0.15, 0.2) is 35.7 Å². The first-order valence-corrected chi connectivity index (χ1v) is 7.82. The van der Waals surface area contributed by atoms with Crippen LogP contribution in [-0.2, 0) is 4.79 Å². The van der Waals surface area contributed by atoms with Crippen LogP contribution in [0.2, 0.25) is 0 Å². The molecule has 0 unspecified atom stereocenters. The summed E-state index contributed by atoms with van der Waals surface area (Å²) in [6.07, 6.45) is 0. The molecule has 2 amide bonds. The largest absolute Gasteiger partial charge is 0.374 e. The van der Waals surface area contributed by atoms with Crippen molar-refractivity contribution in [3.63, 3.8) is 0 Å². The van der Waals surface area contributed by atoms with E-state index in [-0.39, 0.29) is 17.3 Å². The van der Waals surface area contributed by atoms with Crippen LogP contribution in [-0.4, -0.2) is 23.6 Å². The summed E-state index contributed by atoms with van der Waals surface area (Å²) in [6, 6.07) is 7.93. The molecule has 0 spiro atoms. The molecule has 0 saturated heterocycles. The lowest BCUT2D eigenvalue weighted by molar-refractivity contribution is -0.116. The number of Topliss-reactive ketones (excluding diaryl/α,β-unsaturated/α-hetero) is 1. The second kappa shape index (κ2) is 7.06. The van der Waals surface area contributed by atoms with Gasteiger partial charge >= 0.3 is 0 Å². The molecule has 1 heterocycles. The second-order valence-electron chi connectivity index (χ2n) is 5.02. The van der Waals surface area contributed by atoms with Gasteiger partial charge in [-0.15, -0.1) is 11.3 Å². The lowest BCUT2D eigenvalue weighted by Gasteiger charge is -2.15. The zero-order valence-electron chi connectivity index (χ0n) is 12.8. The van der Waals surface area contributed by atoms with Gasteiger partial charge in [0.1, 0.15) is 11.0 Å². The maximum atomic E-state index is 12.2. The summed E-state index contributed by atoms with van der Waals surface area (Å²) in [6.45, 7) is 3.17. The standard InChI is InChI=1S/C16H17N3O3S/c1-9(18-12-5-3-4-11(8-12)10(2)20)15(22)19-16-13(14(17)21)6-7-23-16/h3-9,18H,1-2H3,(H2,17,21)(H,19,22)/t9-/m0/s1. The predicted molar refractivity (Wildman–Crippen MR) is 91.0 cm³/mol. The zero-order valence-corrected chi connectivity index (χ0v) is 13.6. The molecule has 1 atom stereocenters. The van der Waals surface area contributed by atoms with Crippen LogP contribution >= 0.6 is 11.3 Å². The van der Waals surface area contributed by atoms with E-state index in [9.17, 15) is 14.4 Å². The summed E-state index contributed by atoms with van der Waals surface area (Å²) in [7, 11) is 0. The number of ketones is 1. The smallest absolute Gasteiger partial charge is 0.251 e. The Kier molecular flexibility index (Phi) is 5.13. The quantitative estimate of drug-likeness (QED) is 0.708. The molecular weight excluding hydrogens is 314 g/mol. The highest BCUT2D eigenvalue weighted by molar-refractivity contribution is 7.14. The van der Waals surface area contributed by atoms with E-state index in [1.54, 1.807) is 42.6 Å². The molecule has 0 saturated carbocycles. The molecule has 7 heteroatoms. The number of primary amides is 1. The third-order valence-corrected chi connectivity index (χ3v) is 4.04. The van der Waals surface area contributed by atoms with Crippen molar-refractivity contribution in [3.05, 3.63) is 46.8 Å². The Morgan fingerprint density at radius 2 is 1.96 bits per heavy atom. The van der Waals surface area contributed by atoms with Crippen LogP contribution < -0.4 is 16.4 Å². The number of nitrogens with one attached hydrogen (secondary N) is 2. The fourth-order valence-electron chi connectivity index (χ4n) is 1.96. The van der Waals surface area contributed by atoms with Crippen LogP contribution in [0.4, 0.5) is 10.7 Å². The first kappa shape index (κ1) is 16.7. The highest BCUT2D eigenvalue weighted by Crippen LogP contribution is 2.23. The van der Waals surface area contributed by atoms with Gasteiger partial charge < -0.3 is 16.4 Å². The van der Waals surface area contributed by atoms with E-state index < -0.39 is 11.9 Å². The number of hydrogen-bond acceptors (Lipinski definition) is 5. The van der Waals surface area contributed by atoms with E-state index in [0.29, 0.717) is 16.3 Å². The molecule has 2 aromatic rings. The van der Waals surface area contributed by atoms with Gasteiger partial charge in [-0.3, -0.25) is 14.4 Å². The molecular formula is C16H17N3O3S. The van der Waals surface area contributed by atoms with Gasteiger partial charge in [0.05, 0.1) is 5.56 Å². The van der Waals surface area contributed by atoms with Crippen molar-refractivity contribution in [2.45, 2.75) is 19.9 Å². The number of amides is 2. The SMILES string of the molecule is CC(=O)c1cccc(N[C@@H](C)C(=O)Nc2sccc2C(N)=O)c1. The summed E-state index contributed by atoms with van der Waals surface area (Å²) in [4.78, 5) is 34.9. The highest BCUT2D eigenvalue weighted by atomic mass is 32.1. The van der Waals surface area contributed by atoms with Crippen molar-refractivity contribution in [1.82, 2.24) is 0 Å². The Morgan fingerprint density at radius 1 is 1.22 bits per heavy atom. The van der Waals surface area contributed by atoms with E-state index in [1.807, 2.05) is 0 Å². The van der Waals surface area contributed by atoms with Crippen LogP contribution in [0.5, 0.6) is 0 Å². The number of anilines is 2. The van der Waals surface area contributed by atoms with Crippen molar-refractivity contribution in [2.24, 2.45) is 5.73 Å². The molecule has 0 bridgehead atoms. The van der Waals surface area contributed by atoms with Gasteiger partial charge in [-0.2, -0.15) is 0 Å². The first-order valence-electron chi connectivity index (χ1n) is 6.94. The van der Waals surface area contributed by atoms with Crippen molar-refractivity contribution < 1.29 is 14.4 Å². The number of benzene rings is 1. The van der Waals surface area contributed by atoms with E-state index in [4.69, 9.17) is 5.73 Å². The number of hydrogen-bond donors (Lipinski definition) is 3. The lowest BCUT2D eigenvalue weighted by Crippen LogP contribution is -2.32. The minimum atomic E-state index is -0.587. The van der Waals surface area contributed by atoms with Gasteiger partial charge in [0.2, 0.25) is 5.91 Å². The first-order chi connectivity index (χ1) is 10.9. The second-order valence-corrected chi connectivity index (χ2v) is 5.94. The Balaban J connectivity index is 2.05. The molecule has 0 fully saturated rings. The Morgan fingerprint density at radius 3 is 2.61 bits per heavy atom. The van der Waals surface area contributed by atoms with Gasteiger partial charge in [0, 0.05) is 11.3 Å². The zero-order chi connectivity index (χ0) is 17.0. The monoisotopic (exact) mass is 331 g/mol. The van der Waals surface area contributed by atoms with Crippen molar-refractivity contribution >= 4 is 39.6 Å². The Hall–Kier alpha value is -2.67. The maximum Gasteiger partial charge on any atom is 0.251 e. The van der Waals surface area contributed by atoms with Gasteiger partial charge in [-0.25, -0.2) is 0 Å². The van der Waals surface area contributed by atoms with Crippen LogP contribution in [0.3, 0.4) is 0 Å². The summed E-state index contributed by atoms with van der Waals surface area (Å²) >= 11 is 1.23. The molecule has 4 N–H and O–H groups in total. The molecule has 23 heavy (non-hydrogen) atoms. The number of carbonyl (C=O) groups is 3. The summed E-state index contributed by atoms with van der Waals surface area (Å²) in [5.74, 6) is -0.935. The Bertz CT molecular complexity index is 755. The summed E-state index contributed by atoms with van der Waals surface area (Å²) in [5, 5.41) is 7.81. The third-order valence-electron chi connectivity index (χ3n) is 3.21. The number of carbonyl (C=O) groups excluding carboxylic acids is 3. The molecule has 2 rings (SSSR count). The number of rotatable bonds is 6. The number of thiophene rings is 1. The average molecular weight is 331 g/mol. The van der Waals surface area contributed by atoms with Gasteiger partial charge in [0.25, 0.3) is 5.91 Å². The third kappa shape index (κ3) is 4.17. The van der Waals surface area contributed by atoms with E-state index >= 15 is 0 Å². The summed E-state index contributed by atoms with van der Waals surface area (Å²) < 4.78 is 0.